The van der Waals surface area contributed by atoms with E-state index < -0.39 is 5.97 Å². The van der Waals surface area contributed by atoms with E-state index in [1.807, 2.05) is 43.7 Å². The number of hydrogen-bond donors (Lipinski definition) is 1. The first-order chi connectivity index (χ1) is 11.4. The van der Waals surface area contributed by atoms with Crippen LogP contribution < -0.4 is 0 Å². The van der Waals surface area contributed by atoms with Gasteiger partial charge in [0.15, 0.2) is 0 Å². The van der Waals surface area contributed by atoms with Crippen LogP contribution in [-0.4, -0.2) is 40.0 Å². The fourth-order valence-electron chi connectivity index (χ4n) is 2.48. The number of carboxylic acid groups (broad SMARTS) is 1. The van der Waals surface area contributed by atoms with Crippen LogP contribution in [0.1, 0.15) is 36.3 Å². The third kappa shape index (κ3) is 4.64. The van der Waals surface area contributed by atoms with E-state index in [1.165, 1.54) is 0 Å². The van der Waals surface area contributed by atoms with Gasteiger partial charge in [-0.2, -0.15) is 11.3 Å². The number of aromatic nitrogens is 1. The molecule has 128 valence electrons. The van der Waals surface area contributed by atoms with Crippen LogP contribution in [0.15, 0.2) is 29.0 Å². The van der Waals surface area contributed by atoms with E-state index in [1.54, 1.807) is 22.3 Å². The fourth-order valence-corrected chi connectivity index (χ4v) is 3.13. The Morgan fingerprint density at radius 1 is 1.29 bits per heavy atom. The molecule has 0 atom stereocenters. The summed E-state index contributed by atoms with van der Waals surface area (Å²) in [7, 11) is 0. The van der Waals surface area contributed by atoms with Crippen LogP contribution in [0.2, 0.25) is 0 Å². The number of carbonyl (C=O) groups excluding carboxylic acids is 1. The van der Waals surface area contributed by atoms with E-state index in [9.17, 15) is 9.59 Å². The summed E-state index contributed by atoms with van der Waals surface area (Å²) >= 11 is 1.60. The predicted octanol–water partition coefficient (Wildman–Crippen LogP) is 3.69. The Kier molecular flexibility index (Phi) is 6.09. The molecule has 2 rings (SSSR count). The Bertz CT molecular complexity index is 711. The van der Waals surface area contributed by atoms with Gasteiger partial charge in [-0.3, -0.25) is 14.6 Å². The molecular weight excluding hydrogens is 324 g/mol. The molecule has 0 unspecified atom stereocenters. The number of aryl methyl sites for hydroxylation is 1. The van der Waals surface area contributed by atoms with Crippen LogP contribution in [0, 0.1) is 12.8 Å². The van der Waals surface area contributed by atoms with Crippen molar-refractivity contribution in [1.82, 2.24) is 9.88 Å². The summed E-state index contributed by atoms with van der Waals surface area (Å²) in [5.41, 5.74) is 3.06. The molecule has 0 aliphatic carbocycles. The van der Waals surface area contributed by atoms with Crippen molar-refractivity contribution in [3.05, 3.63) is 40.2 Å². The molecule has 1 N–H and O–H groups in total. The van der Waals surface area contributed by atoms with Gasteiger partial charge >= 0.3 is 5.97 Å². The lowest BCUT2D eigenvalue weighted by molar-refractivity contribution is -0.137. The topological polar surface area (TPSA) is 70.5 Å². The van der Waals surface area contributed by atoms with Gasteiger partial charge in [0, 0.05) is 24.0 Å². The van der Waals surface area contributed by atoms with Gasteiger partial charge in [0.25, 0.3) is 5.91 Å². The molecule has 0 saturated carbocycles. The number of aliphatic carboxylic acids is 1. The Labute approximate surface area is 146 Å². The summed E-state index contributed by atoms with van der Waals surface area (Å²) in [6.45, 7) is 6.56. The maximum Gasteiger partial charge on any atom is 0.305 e. The first-order valence-corrected chi connectivity index (χ1v) is 8.84. The number of carbonyl (C=O) groups is 2. The van der Waals surface area contributed by atoms with Gasteiger partial charge in [0.1, 0.15) is 0 Å². The maximum absolute atomic E-state index is 12.8. The molecule has 0 saturated heterocycles. The minimum Gasteiger partial charge on any atom is -0.481 e. The highest BCUT2D eigenvalue weighted by Crippen LogP contribution is 2.22. The van der Waals surface area contributed by atoms with Crippen LogP contribution in [-0.2, 0) is 4.79 Å². The minimum absolute atomic E-state index is 0.0576. The van der Waals surface area contributed by atoms with Crippen molar-refractivity contribution in [2.45, 2.75) is 27.2 Å². The molecule has 0 bridgehead atoms. The summed E-state index contributed by atoms with van der Waals surface area (Å²) in [4.78, 5) is 29.8. The van der Waals surface area contributed by atoms with Gasteiger partial charge in [0.2, 0.25) is 0 Å². The largest absolute Gasteiger partial charge is 0.481 e. The zero-order valence-corrected chi connectivity index (χ0v) is 15.0. The van der Waals surface area contributed by atoms with Crippen molar-refractivity contribution in [3.8, 4) is 11.3 Å². The van der Waals surface area contributed by atoms with Crippen molar-refractivity contribution < 1.29 is 14.7 Å². The predicted molar refractivity (Wildman–Crippen MR) is 95.3 cm³/mol. The normalized spacial score (nSPS) is 10.8. The van der Waals surface area contributed by atoms with Gasteiger partial charge in [-0.25, -0.2) is 0 Å². The molecule has 0 radical (unpaired) electrons. The van der Waals surface area contributed by atoms with Gasteiger partial charge < -0.3 is 10.0 Å². The van der Waals surface area contributed by atoms with Crippen LogP contribution in [0.5, 0.6) is 0 Å². The van der Waals surface area contributed by atoms with Crippen LogP contribution in [0.4, 0.5) is 0 Å². The maximum atomic E-state index is 12.8. The third-order valence-corrected chi connectivity index (χ3v) is 4.28. The molecule has 2 heterocycles. The van der Waals surface area contributed by atoms with Gasteiger partial charge in [-0.1, -0.05) is 13.8 Å². The SMILES string of the molecule is Cc1nc(-c2ccsc2)ccc1C(=O)N(CCC(=O)O)CC(C)C. The van der Waals surface area contributed by atoms with Gasteiger partial charge in [-0.15, -0.1) is 0 Å². The molecule has 24 heavy (non-hydrogen) atoms. The van der Waals surface area contributed by atoms with Crippen LogP contribution in [0.25, 0.3) is 11.3 Å². The second-order valence-corrected chi connectivity index (χ2v) is 6.91. The van der Waals surface area contributed by atoms with Crippen molar-refractivity contribution in [1.29, 1.82) is 0 Å². The number of nitrogens with zero attached hydrogens (tertiary/aromatic N) is 2. The van der Waals surface area contributed by atoms with E-state index in [2.05, 4.69) is 4.98 Å². The average Bonchev–Trinajstić information content (AvgIpc) is 3.04. The monoisotopic (exact) mass is 346 g/mol. The van der Waals surface area contributed by atoms with Crippen LogP contribution in [0.3, 0.4) is 0 Å². The molecule has 2 aromatic heterocycles. The molecule has 1 amide bonds. The second-order valence-electron chi connectivity index (χ2n) is 6.13. The van der Waals surface area contributed by atoms with Gasteiger partial charge in [-0.05, 0) is 36.4 Å². The number of pyridine rings is 1. The molecule has 0 aromatic carbocycles. The number of carboxylic acids is 1. The molecule has 0 fully saturated rings. The molecule has 0 aliphatic heterocycles. The quantitative estimate of drug-likeness (QED) is 0.830. The number of amides is 1. The summed E-state index contributed by atoms with van der Waals surface area (Å²) in [5, 5.41) is 12.9. The lowest BCUT2D eigenvalue weighted by Gasteiger charge is -2.24. The molecule has 0 spiro atoms. The third-order valence-electron chi connectivity index (χ3n) is 3.60. The Morgan fingerprint density at radius 3 is 2.58 bits per heavy atom. The molecular formula is C18H22N2O3S. The molecule has 2 aromatic rings. The zero-order valence-electron chi connectivity index (χ0n) is 14.2. The first kappa shape index (κ1) is 18.1. The highest BCUT2D eigenvalue weighted by Gasteiger charge is 2.20. The summed E-state index contributed by atoms with van der Waals surface area (Å²) in [5.74, 6) is -0.799. The lowest BCUT2D eigenvalue weighted by atomic mass is 10.1. The summed E-state index contributed by atoms with van der Waals surface area (Å²) < 4.78 is 0. The minimum atomic E-state index is -0.904. The Morgan fingerprint density at radius 2 is 2.04 bits per heavy atom. The highest BCUT2D eigenvalue weighted by atomic mass is 32.1. The van der Waals surface area contributed by atoms with E-state index in [-0.39, 0.29) is 24.8 Å². The highest BCUT2D eigenvalue weighted by molar-refractivity contribution is 7.08. The van der Waals surface area contributed by atoms with E-state index in [4.69, 9.17) is 5.11 Å². The van der Waals surface area contributed by atoms with Crippen molar-refractivity contribution in [2.75, 3.05) is 13.1 Å². The van der Waals surface area contributed by atoms with Crippen LogP contribution >= 0.6 is 11.3 Å². The molecule has 5 nitrogen and oxygen atoms in total. The second kappa shape index (κ2) is 8.06. The number of thiophene rings is 1. The Balaban J connectivity index is 2.23. The van der Waals surface area contributed by atoms with Crippen molar-refractivity contribution >= 4 is 23.2 Å². The number of hydrogen-bond acceptors (Lipinski definition) is 4. The standard InChI is InChI=1S/C18H22N2O3S/c1-12(2)10-20(8-6-17(21)22)18(23)15-4-5-16(19-13(15)3)14-7-9-24-11-14/h4-5,7,9,11-12H,6,8,10H2,1-3H3,(H,21,22). The van der Waals surface area contributed by atoms with E-state index in [0.29, 0.717) is 17.8 Å². The average molecular weight is 346 g/mol. The van der Waals surface area contributed by atoms with E-state index in [0.717, 1.165) is 11.3 Å². The Hall–Kier alpha value is -2.21. The summed E-state index contributed by atoms with van der Waals surface area (Å²) in [6, 6.07) is 5.62. The molecule has 0 aliphatic rings. The summed E-state index contributed by atoms with van der Waals surface area (Å²) in [6.07, 6.45) is -0.0576. The number of rotatable bonds is 7. The van der Waals surface area contributed by atoms with E-state index >= 15 is 0 Å². The lowest BCUT2D eigenvalue weighted by Crippen LogP contribution is -2.36. The van der Waals surface area contributed by atoms with Crippen molar-refractivity contribution in [2.24, 2.45) is 5.92 Å². The van der Waals surface area contributed by atoms with Crippen molar-refractivity contribution in [3.63, 3.8) is 0 Å². The molecule has 6 heteroatoms. The van der Waals surface area contributed by atoms with Gasteiger partial charge in [0.05, 0.1) is 23.4 Å². The zero-order chi connectivity index (χ0) is 17.7. The first-order valence-electron chi connectivity index (χ1n) is 7.89. The fraction of sp³-hybridized carbons (Fsp3) is 0.389. The smallest absolute Gasteiger partial charge is 0.305 e.